The standard InChI is InChI=1S/C14H16N6O/c1-3-15-14-18-12(11-8-16-20-13(11)19-14)17-9-5-4-6-10(7-9)21-2/h4-8H,3H2,1-2H3,(H3,15,16,17,18,19,20). The minimum Gasteiger partial charge on any atom is -0.497 e. The Balaban J connectivity index is 1.99. The molecule has 21 heavy (non-hydrogen) atoms. The maximum absolute atomic E-state index is 5.22. The van der Waals surface area contributed by atoms with E-state index >= 15 is 0 Å². The van der Waals surface area contributed by atoms with Gasteiger partial charge in [-0.3, -0.25) is 5.10 Å². The molecule has 0 amide bonds. The van der Waals surface area contributed by atoms with E-state index in [1.807, 2.05) is 31.2 Å². The Morgan fingerprint density at radius 1 is 1.29 bits per heavy atom. The highest BCUT2D eigenvalue weighted by Crippen LogP contribution is 2.25. The van der Waals surface area contributed by atoms with Crippen LogP contribution in [0, 0.1) is 0 Å². The second-order valence-corrected chi connectivity index (χ2v) is 4.42. The summed E-state index contributed by atoms with van der Waals surface area (Å²) in [4.78, 5) is 8.84. The molecule has 0 bridgehead atoms. The number of aromatic amines is 1. The van der Waals surface area contributed by atoms with Gasteiger partial charge in [-0.15, -0.1) is 0 Å². The van der Waals surface area contributed by atoms with Crippen molar-refractivity contribution in [2.45, 2.75) is 6.92 Å². The summed E-state index contributed by atoms with van der Waals surface area (Å²) in [6.45, 7) is 2.74. The molecule has 3 N–H and O–H groups in total. The van der Waals surface area contributed by atoms with Crippen molar-refractivity contribution in [1.82, 2.24) is 20.2 Å². The Morgan fingerprint density at radius 3 is 3.00 bits per heavy atom. The Bertz CT molecular complexity index is 754. The van der Waals surface area contributed by atoms with Gasteiger partial charge in [0.15, 0.2) is 5.65 Å². The van der Waals surface area contributed by atoms with Gasteiger partial charge < -0.3 is 15.4 Å². The quantitative estimate of drug-likeness (QED) is 0.667. The molecule has 0 saturated carbocycles. The molecule has 3 aromatic rings. The minimum atomic E-state index is 0.555. The van der Waals surface area contributed by atoms with Gasteiger partial charge in [0.2, 0.25) is 5.95 Å². The summed E-state index contributed by atoms with van der Waals surface area (Å²) in [6, 6.07) is 7.66. The van der Waals surface area contributed by atoms with Crippen LogP contribution < -0.4 is 15.4 Å². The SMILES string of the molecule is CCNc1nc(Nc2cccc(OC)c2)c2cn[nH]c2n1. The van der Waals surface area contributed by atoms with E-state index in [0.29, 0.717) is 17.4 Å². The number of hydrogen-bond acceptors (Lipinski definition) is 6. The molecule has 1 aromatic carbocycles. The molecule has 0 aliphatic heterocycles. The van der Waals surface area contributed by atoms with Crippen molar-refractivity contribution in [2.75, 3.05) is 24.3 Å². The second kappa shape index (κ2) is 5.66. The number of H-pyrrole nitrogens is 1. The van der Waals surface area contributed by atoms with Gasteiger partial charge in [-0.25, -0.2) is 0 Å². The van der Waals surface area contributed by atoms with Crippen LogP contribution in [0.4, 0.5) is 17.5 Å². The van der Waals surface area contributed by atoms with E-state index in [2.05, 4.69) is 30.8 Å². The van der Waals surface area contributed by atoms with Crippen LogP contribution in [-0.4, -0.2) is 33.8 Å². The maximum Gasteiger partial charge on any atom is 0.226 e. The van der Waals surface area contributed by atoms with Gasteiger partial charge in [0.05, 0.1) is 18.7 Å². The summed E-state index contributed by atoms with van der Waals surface area (Å²) >= 11 is 0. The van der Waals surface area contributed by atoms with Crippen LogP contribution in [0.5, 0.6) is 5.75 Å². The van der Waals surface area contributed by atoms with E-state index in [0.717, 1.165) is 23.4 Å². The van der Waals surface area contributed by atoms with Crippen LogP contribution in [0.1, 0.15) is 6.92 Å². The molecule has 0 fully saturated rings. The number of anilines is 3. The number of nitrogens with one attached hydrogen (secondary N) is 3. The van der Waals surface area contributed by atoms with Crippen molar-refractivity contribution in [2.24, 2.45) is 0 Å². The minimum absolute atomic E-state index is 0.555. The van der Waals surface area contributed by atoms with Gasteiger partial charge in [-0.05, 0) is 19.1 Å². The molecule has 0 spiro atoms. The van der Waals surface area contributed by atoms with Gasteiger partial charge in [0, 0.05) is 18.3 Å². The fourth-order valence-electron chi connectivity index (χ4n) is 2.00. The third-order valence-electron chi connectivity index (χ3n) is 2.98. The van der Waals surface area contributed by atoms with E-state index in [1.54, 1.807) is 13.3 Å². The topological polar surface area (TPSA) is 87.8 Å². The molecular formula is C14H16N6O. The van der Waals surface area contributed by atoms with E-state index in [-0.39, 0.29) is 0 Å². The fraction of sp³-hybridized carbons (Fsp3) is 0.214. The number of rotatable bonds is 5. The second-order valence-electron chi connectivity index (χ2n) is 4.42. The van der Waals surface area contributed by atoms with Crippen molar-refractivity contribution in [3.63, 3.8) is 0 Å². The molecule has 0 saturated heterocycles. The third-order valence-corrected chi connectivity index (χ3v) is 2.98. The van der Waals surface area contributed by atoms with Crippen molar-refractivity contribution in [1.29, 1.82) is 0 Å². The molecule has 7 heteroatoms. The summed E-state index contributed by atoms with van der Waals surface area (Å²) < 4.78 is 5.22. The lowest BCUT2D eigenvalue weighted by Crippen LogP contribution is -2.04. The molecule has 0 radical (unpaired) electrons. The average Bonchev–Trinajstić information content (AvgIpc) is 2.96. The number of nitrogens with zero attached hydrogens (tertiary/aromatic N) is 3. The Hall–Kier alpha value is -2.83. The highest BCUT2D eigenvalue weighted by atomic mass is 16.5. The van der Waals surface area contributed by atoms with E-state index in [4.69, 9.17) is 4.74 Å². The average molecular weight is 284 g/mol. The normalized spacial score (nSPS) is 10.6. The number of aromatic nitrogens is 4. The lowest BCUT2D eigenvalue weighted by Gasteiger charge is -2.10. The Labute approximate surface area is 121 Å². The van der Waals surface area contributed by atoms with Gasteiger partial charge in [0.25, 0.3) is 0 Å². The molecule has 0 atom stereocenters. The monoisotopic (exact) mass is 284 g/mol. The molecule has 2 aromatic heterocycles. The first kappa shape index (κ1) is 13.2. The van der Waals surface area contributed by atoms with Crippen LogP contribution in [0.15, 0.2) is 30.5 Å². The van der Waals surface area contributed by atoms with Crippen molar-refractivity contribution in [3.8, 4) is 5.75 Å². The number of hydrogen-bond donors (Lipinski definition) is 3. The summed E-state index contributed by atoms with van der Waals surface area (Å²) in [7, 11) is 1.64. The van der Waals surface area contributed by atoms with Gasteiger partial charge >= 0.3 is 0 Å². The van der Waals surface area contributed by atoms with Crippen LogP contribution in [-0.2, 0) is 0 Å². The predicted octanol–water partition coefficient (Wildman–Crippen LogP) is 2.54. The lowest BCUT2D eigenvalue weighted by molar-refractivity contribution is 0.415. The van der Waals surface area contributed by atoms with Gasteiger partial charge in [0.1, 0.15) is 11.6 Å². The largest absolute Gasteiger partial charge is 0.497 e. The number of benzene rings is 1. The Morgan fingerprint density at radius 2 is 2.19 bits per heavy atom. The molecule has 108 valence electrons. The number of ether oxygens (including phenoxy) is 1. The number of fused-ring (bicyclic) bond motifs is 1. The molecular weight excluding hydrogens is 268 g/mol. The van der Waals surface area contributed by atoms with E-state index < -0.39 is 0 Å². The first-order valence-corrected chi connectivity index (χ1v) is 6.66. The fourth-order valence-corrected chi connectivity index (χ4v) is 2.00. The highest BCUT2D eigenvalue weighted by molar-refractivity contribution is 5.89. The zero-order valence-corrected chi connectivity index (χ0v) is 11.8. The summed E-state index contributed by atoms with van der Waals surface area (Å²) in [5, 5.41) is 14.1. The van der Waals surface area contributed by atoms with E-state index in [1.165, 1.54) is 0 Å². The zero-order valence-electron chi connectivity index (χ0n) is 11.8. The smallest absolute Gasteiger partial charge is 0.226 e. The van der Waals surface area contributed by atoms with Crippen molar-refractivity contribution in [3.05, 3.63) is 30.5 Å². The predicted molar refractivity (Wildman–Crippen MR) is 82.1 cm³/mol. The molecule has 0 unspecified atom stereocenters. The first-order chi connectivity index (χ1) is 10.3. The lowest BCUT2D eigenvalue weighted by atomic mass is 10.3. The molecule has 3 rings (SSSR count). The van der Waals surface area contributed by atoms with E-state index in [9.17, 15) is 0 Å². The molecule has 0 aliphatic carbocycles. The van der Waals surface area contributed by atoms with Crippen LogP contribution in [0.3, 0.4) is 0 Å². The molecule has 0 aliphatic rings. The Kier molecular flexibility index (Phi) is 3.55. The van der Waals surface area contributed by atoms with Crippen LogP contribution in [0.2, 0.25) is 0 Å². The number of methoxy groups -OCH3 is 1. The zero-order chi connectivity index (χ0) is 14.7. The van der Waals surface area contributed by atoms with Crippen molar-refractivity contribution >= 4 is 28.5 Å². The summed E-state index contributed by atoms with van der Waals surface area (Å²) in [6.07, 6.45) is 1.70. The van der Waals surface area contributed by atoms with Gasteiger partial charge in [-0.1, -0.05) is 6.07 Å². The third kappa shape index (κ3) is 2.71. The highest BCUT2D eigenvalue weighted by Gasteiger charge is 2.09. The van der Waals surface area contributed by atoms with Gasteiger partial charge in [-0.2, -0.15) is 15.1 Å². The van der Waals surface area contributed by atoms with Crippen LogP contribution >= 0.6 is 0 Å². The molecule has 7 nitrogen and oxygen atoms in total. The maximum atomic E-state index is 5.22. The molecule has 2 heterocycles. The van der Waals surface area contributed by atoms with Crippen LogP contribution in [0.25, 0.3) is 11.0 Å². The summed E-state index contributed by atoms with van der Waals surface area (Å²) in [5.74, 6) is 2.03. The van der Waals surface area contributed by atoms with Crippen molar-refractivity contribution < 1.29 is 4.74 Å². The first-order valence-electron chi connectivity index (χ1n) is 6.66. The summed E-state index contributed by atoms with van der Waals surface area (Å²) in [5.41, 5.74) is 1.57.